The van der Waals surface area contributed by atoms with Gasteiger partial charge in [0.05, 0.1) is 12.0 Å². The van der Waals surface area contributed by atoms with E-state index in [4.69, 9.17) is 5.26 Å². The van der Waals surface area contributed by atoms with Crippen molar-refractivity contribution in [1.82, 2.24) is 0 Å². The van der Waals surface area contributed by atoms with Crippen molar-refractivity contribution in [2.24, 2.45) is 5.92 Å². The molecular weight excluding hydrogens is 174 g/mol. The Bertz CT molecular complexity index is 326. The Kier molecular flexibility index (Phi) is 3.87. The highest BCUT2D eigenvalue weighted by molar-refractivity contribution is 5.50. The van der Waals surface area contributed by atoms with E-state index in [2.05, 4.69) is 6.07 Å². The number of aldehydes is 1. The Balaban J connectivity index is 2.83. The molecule has 14 heavy (non-hydrogen) atoms. The van der Waals surface area contributed by atoms with E-state index in [1.165, 1.54) is 0 Å². The smallest absolute Gasteiger partial charge is 0.120 e. The van der Waals surface area contributed by atoms with Crippen LogP contribution >= 0.6 is 0 Å². The third-order valence-corrected chi connectivity index (χ3v) is 2.33. The summed E-state index contributed by atoms with van der Waals surface area (Å²) < 4.78 is 0. The van der Waals surface area contributed by atoms with Crippen molar-refractivity contribution in [3.05, 3.63) is 35.9 Å². The van der Waals surface area contributed by atoms with Crippen molar-refractivity contribution in [3.8, 4) is 6.07 Å². The van der Waals surface area contributed by atoms with Crippen molar-refractivity contribution in [3.63, 3.8) is 0 Å². The first-order valence-corrected chi connectivity index (χ1v) is 4.67. The summed E-state index contributed by atoms with van der Waals surface area (Å²) in [4.78, 5) is 10.4. The Labute approximate surface area is 84.2 Å². The van der Waals surface area contributed by atoms with Gasteiger partial charge in [0.2, 0.25) is 0 Å². The fourth-order valence-electron chi connectivity index (χ4n) is 1.48. The quantitative estimate of drug-likeness (QED) is 0.679. The SMILES string of the molecule is CC(CC=O)C(C#N)c1ccccc1. The summed E-state index contributed by atoms with van der Waals surface area (Å²) in [7, 11) is 0. The van der Waals surface area contributed by atoms with E-state index in [0.717, 1.165) is 11.8 Å². The molecule has 2 unspecified atom stereocenters. The van der Waals surface area contributed by atoms with Gasteiger partial charge in [0.25, 0.3) is 0 Å². The minimum atomic E-state index is -0.179. The Morgan fingerprint density at radius 3 is 2.57 bits per heavy atom. The summed E-state index contributed by atoms with van der Waals surface area (Å²) in [6, 6.07) is 11.8. The molecule has 0 saturated heterocycles. The maximum Gasteiger partial charge on any atom is 0.120 e. The molecule has 2 atom stereocenters. The maximum atomic E-state index is 10.4. The lowest BCUT2D eigenvalue weighted by molar-refractivity contribution is -0.108. The summed E-state index contributed by atoms with van der Waals surface area (Å²) in [5.41, 5.74) is 0.990. The number of hydrogen-bond donors (Lipinski definition) is 0. The third kappa shape index (κ3) is 2.43. The minimum absolute atomic E-state index is 0.0832. The number of hydrogen-bond acceptors (Lipinski definition) is 2. The van der Waals surface area contributed by atoms with E-state index in [9.17, 15) is 4.79 Å². The first-order chi connectivity index (χ1) is 6.79. The van der Waals surface area contributed by atoms with Crippen LogP contribution in [-0.2, 0) is 4.79 Å². The molecule has 0 bridgehead atoms. The van der Waals surface area contributed by atoms with Crippen molar-refractivity contribution in [1.29, 1.82) is 5.26 Å². The van der Waals surface area contributed by atoms with E-state index in [-0.39, 0.29) is 11.8 Å². The minimum Gasteiger partial charge on any atom is -0.303 e. The first-order valence-electron chi connectivity index (χ1n) is 4.67. The maximum absolute atomic E-state index is 10.4. The predicted molar refractivity (Wildman–Crippen MR) is 54.6 cm³/mol. The molecule has 1 rings (SSSR count). The third-order valence-electron chi connectivity index (χ3n) is 2.33. The molecule has 0 heterocycles. The Morgan fingerprint density at radius 2 is 2.07 bits per heavy atom. The van der Waals surface area contributed by atoms with Crippen LogP contribution in [0.5, 0.6) is 0 Å². The molecule has 0 saturated carbocycles. The summed E-state index contributed by atoms with van der Waals surface area (Å²) in [6.45, 7) is 1.93. The average molecular weight is 187 g/mol. The highest BCUT2D eigenvalue weighted by Gasteiger charge is 2.17. The van der Waals surface area contributed by atoms with E-state index < -0.39 is 0 Å². The normalized spacial score (nSPS) is 14.0. The van der Waals surface area contributed by atoms with Gasteiger partial charge in [0.1, 0.15) is 6.29 Å². The van der Waals surface area contributed by atoms with Gasteiger partial charge < -0.3 is 4.79 Å². The van der Waals surface area contributed by atoms with Gasteiger partial charge >= 0.3 is 0 Å². The van der Waals surface area contributed by atoms with Crippen LogP contribution in [0.4, 0.5) is 0 Å². The molecule has 0 aliphatic carbocycles. The standard InChI is InChI=1S/C12H13NO/c1-10(7-8-14)12(9-13)11-5-3-2-4-6-11/h2-6,8,10,12H,7H2,1H3. The van der Waals surface area contributed by atoms with Crippen LogP contribution in [0.25, 0.3) is 0 Å². The molecule has 0 radical (unpaired) electrons. The van der Waals surface area contributed by atoms with Crippen LogP contribution in [0.1, 0.15) is 24.8 Å². The van der Waals surface area contributed by atoms with E-state index in [1.807, 2.05) is 37.3 Å². The van der Waals surface area contributed by atoms with E-state index in [1.54, 1.807) is 0 Å². The zero-order valence-corrected chi connectivity index (χ0v) is 8.18. The number of carbonyl (C=O) groups is 1. The second-order valence-corrected chi connectivity index (χ2v) is 3.40. The molecule has 1 aromatic carbocycles. The van der Waals surface area contributed by atoms with Crippen LogP contribution in [0.3, 0.4) is 0 Å². The van der Waals surface area contributed by atoms with Crippen LogP contribution in [-0.4, -0.2) is 6.29 Å². The topological polar surface area (TPSA) is 40.9 Å². The van der Waals surface area contributed by atoms with Crippen LogP contribution in [0.2, 0.25) is 0 Å². The molecule has 0 aliphatic rings. The predicted octanol–water partition coefficient (Wildman–Crippen LogP) is 2.52. The summed E-state index contributed by atoms with van der Waals surface area (Å²) in [5, 5.41) is 9.01. The van der Waals surface area contributed by atoms with Crippen molar-refractivity contribution < 1.29 is 4.79 Å². The van der Waals surface area contributed by atoms with Crippen LogP contribution in [0, 0.1) is 17.2 Å². The summed E-state index contributed by atoms with van der Waals surface area (Å²) in [5.74, 6) is -0.0960. The van der Waals surface area contributed by atoms with Gasteiger partial charge in [-0.1, -0.05) is 37.3 Å². The van der Waals surface area contributed by atoms with Crippen molar-refractivity contribution in [2.75, 3.05) is 0 Å². The molecule has 72 valence electrons. The van der Waals surface area contributed by atoms with Gasteiger partial charge in [0.15, 0.2) is 0 Å². The van der Waals surface area contributed by atoms with Crippen molar-refractivity contribution in [2.45, 2.75) is 19.3 Å². The van der Waals surface area contributed by atoms with Crippen LogP contribution in [0.15, 0.2) is 30.3 Å². The molecule has 0 fully saturated rings. The summed E-state index contributed by atoms with van der Waals surface area (Å²) >= 11 is 0. The lowest BCUT2D eigenvalue weighted by Crippen LogP contribution is -2.08. The Hall–Kier alpha value is -1.62. The molecule has 0 aromatic heterocycles. The van der Waals surface area contributed by atoms with Gasteiger partial charge in [-0.25, -0.2) is 0 Å². The average Bonchev–Trinajstić information content (AvgIpc) is 2.21. The Morgan fingerprint density at radius 1 is 1.43 bits per heavy atom. The van der Waals surface area contributed by atoms with E-state index >= 15 is 0 Å². The zero-order chi connectivity index (χ0) is 10.4. The lowest BCUT2D eigenvalue weighted by Gasteiger charge is -2.14. The number of nitrogens with zero attached hydrogens (tertiary/aromatic N) is 1. The second kappa shape index (κ2) is 5.18. The number of rotatable bonds is 4. The lowest BCUT2D eigenvalue weighted by atomic mass is 9.87. The van der Waals surface area contributed by atoms with E-state index in [0.29, 0.717) is 6.42 Å². The molecule has 2 nitrogen and oxygen atoms in total. The van der Waals surface area contributed by atoms with Gasteiger partial charge in [0, 0.05) is 6.42 Å². The van der Waals surface area contributed by atoms with Crippen molar-refractivity contribution >= 4 is 6.29 Å². The molecule has 0 aliphatic heterocycles. The molecule has 1 aromatic rings. The molecule has 2 heteroatoms. The second-order valence-electron chi connectivity index (χ2n) is 3.40. The number of carbonyl (C=O) groups excluding carboxylic acids is 1. The molecule has 0 N–H and O–H groups in total. The van der Waals surface area contributed by atoms with Gasteiger partial charge in [-0.2, -0.15) is 5.26 Å². The first kappa shape index (κ1) is 10.5. The highest BCUT2D eigenvalue weighted by Crippen LogP contribution is 2.25. The monoisotopic (exact) mass is 187 g/mol. The van der Waals surface area contributed by atoms with Gasteiger partial charge in [-0.15, -0.1) is 0 Å². The van der Waals surface area contributed by atoms with Crippen LogP contribution < -0.4 is 0 Å². The van der Waals surface area contributed by atoms with Gasteiger partial charge in [-0.3, -0.25) is 0 Å². The highest BCUT2D eigenvalue weighted by atomic mass is 16.1. The fourth-order valence-corrected chi connectivity index (χ4v) is 1.48. The summed E-state index contributed by atoms with van der Waals surface area (Å²) in [6.07, 6.45) is 1.31. The fraction of sp³-hybridized carbons (Fsp3) is 0.333. The number of nitriles is 1. The van der Waals surface area contributed by atoms with Gasteiger partial charge in [-0.05, 0) is 11.5 Å². The number of benzene rings is 1. The zero-order valence-electron chi connectivity index (χ0n) is 8.18. The molecule has 0 amide bonds. The largest absolute Gasteiger partial charge is 0.303 e. The molecule has 0 spiro atoms. The molecular formula is C12H13NO.